The summed E-state index contributed by atoms with van der Waals surface area (Å²) in [5.74, 6) is 0.236. The van der Waals surface area contributed by atoms with Gasteiger partial charge in [-0.3, -0.25) is 4.79 Å². The molecule has 0 radical (unpaired) electrons. The summed E-state index contributed by atoms with van der Waals surface area (Å²) < 4.78 is 0. The number of nitrogens with two attached hydrogens (primary N) is 1. The molecule has 0 heterocycles. The third-order valence-electron chi connectivity index (χ3n) is 3.08. The van der Waals surface area contributed by atoms with Gasteiger partial charge in [0.05, 0.1) is 12.5 Å². The van der Waals surface area contributed by atoms with E-state index >= 15 is 0 Å². The van der Waals surface area contributed by atoms with Crippen LogP contribution in [0.4, 0.5) is 5.69 Å². The molecule has 0 spiro atoms. The zero-order valence-corrected chi connectivity index (χ0v) is 11.5. The lowest BCUT2D eigenvalue weighted by Gasteiger charge is -2.24. The van der Waals surface area contributed by atoms with Gasteiger partial charge in [-0.25, -0.2) is 0 Å². The Morgan fingerprint density at radius 1 is 1.37 bits per heavy atom. The number of para-hydroxylation sites is 1. The molecule has 0 aliphatic carbocycles. The molecule has 0 saturated carbocycles. The summed E-state index contributed by atoms with van der Waals surface area (Å²) in [5, 5.41) is 8.70. The smallest absolute Gasteiger partial charge is 0.228 e. The van der Waals surface area contributed by atoms with Gasteiger partial charge in [0.1, 0.15) is 0 Å². The molecule has 0 aliphatic heterocycles. The number of amides is 1. The highest BCUT2D eigenvalue weighted by Gasteiger charge is 2.19. The molecule has 4 nitrogen and oxygen atoms in total. The van der Waals surface area contributed by atoms with E-state index < -0.39 is 0 Å². The van der Waals surface area contributed by atoms with Crippen LogP contribution in [0.2, 0.25) is 0 Å². The maximum absolute atomic E-state index is 12.3. The number of hydrogen-bond donors (Lipinski definition) is 1. The molecule has 19 heavy (non-hydrogen) atoms. The monoisotopic (exact) mass is 259 g/mol. The Morgan fingerprint density at radius 3 is 2.53 bits per heavy atom. The van der Waals surface area contributed by atoms with Gasteiger partial charge in [-0.15, -0.1) is 0 Å². The van der Waals surface area contributed by atoms with E-state index in [0.29, 0.717) is 19.4 Å². The van der Waals surface area contributed by atoms with Crippen molar-refractivity contribution in [3.63, 3.8) is 0 Å². The van der Waals surface area contributed by atoms with E-state index in [-0.39, 0.29) is 17.9 Å². The van der Waals surface area contributed by atoms with Crippen LogP contribution in [0, 0.1) is 17.2 Å². The minimum Gasteiger partial charge on any atom is -0.327 e. The molecule has 1 aromatic carbocycles. The van der Waals surface area contributed by atoms with Gasteiger partial charge in [0.2, 0.25) is 5.91 Å². The molecule has 0 saturated heterocycles. The third-order valence-corrected chi connectivity index (χ3v) is 3.08. The van der Waals surface area contributed by atoms with Crippen molar-refractivity contribution in [3.05, 3.63) is 30.3 Å². The number of carbonyl (C=O) groups excluding carboxylic acids is 1. The Morgan fingerprint density at radius 2 is 2.00 bits per heavy atom. The molecule has 0 aliphatic rings. The van der Waals surface area contributed by atoms with E-state index in [0.717, 1.165) is 5.69 Å². The van der Waals surface area contributed by atoms with Crippen LogP contribution in [0.15, 0.2) is 30.3 Å². The highest BCUT2D eigenvalue weighted by atomic mass is 16.2. The number of nitriles is 1. The lowest BCUT2D eigenvalue weighted by molar-refractivity contribution is -0.119. The highest BCUT2D eigenvalue weighted by molar-refractivity contribution is 5.93. The third kappa shape index (κ3) is 4.72. The first-order valence-electron chi connectivity index (χ1n) is 6.54. The summed E-state index contributed by atoms with van der Waals surface area (Å²) in [6, 6.07) is 11.3. The fourth-order valence-electron chi connectivity index (χ4n) is 1.72. The number of carbonyl (C=O) groups is 1. The second kappa shape index (κ2) is 7.55. The number of rotatable bonds is 6. The summed E-state index contributed by atoms with van der Waals surface area (Å²) in [7, 11) is 0. The number of hydrogen-bond acceptors (Lipinski definition) is 3. The zero-order valence-electron chi connectivity index (χ0n) is 11.5. The molecule has 1 aromatic rings. The average Bonchev–Trinajstić information content (AvgIpc) is 2.40. The normalized spacial score (nSPS) is 11.9. The Labute approximate surface area is 114 Å². The number of nitrogens with zero attached hydrogens (tertiary/aromatic N) is 2. The molecule has 0 bridgehead atoms. The topological polar surface area (TPSA) is 70.1 Å². The van der Waals surface area contributed by atoms with Crippen molar-refractivity contribution in [1.29, 1.82) is 5.26 Å². The Hall–Kier alpha value is -1.86. The largest absolute Gasteiger partial charge is 0.327 e. The SMILES string of the molecule is CC(C)C(N)CC(=O)N(CCC#N)c1ccccc1. The van der Waals surface area contributed by atoms with Crippen molar-refractivity contribution < 1.29 is 4.79 Å². The predicted octanol–water partition coefficient (Wildman–Crippen LogP) is 2.31. The molecule has 1 atom stereocenters. The number of anilines is 1. The van der Waals surface area contributed by atoms with Crippen molar-refractivity contribution in [2.75, 3.05) is 11.4 Å². The first kappa shape index (κ1) is 15.2. The van der Waals surface area contributed by atoms with E-state index in [1.807, 2.05) is 44.2 Å². The average molecular weight is 259 g/mol. The molecule has 102 valence electrons. The molecular weight excluding hydrogens is 238 g/mol. The Balaban J connectivity index is 2.80. The van der Waals surface area contributed by atoms with Gasteiger partial charge in [-0.1, -0.05) is 32.0 Å². The van der Waals surface area contributed by atoms with Crippen molar-refractivity contribution in [1.82, 2.24) is 0 Å². The van der Waals surface area contributed by atoms with E-state index in [9.17, 15) is 4.79 Å². The second-order valence-electron chi connectivity index (χ2n) is 4.90. The van der Waals surface area contributed by atoms with Crippen LogP contribution < -0.4 is 10.6 Å². The maximum atomic E-state index is 12.3. The molecule has 0 fully saturated rings. The summed E-state index contributed by atoms with van der Waals surface area (Å²) >= 11 is 0. The van der Waals surface area contributed by atoms with Gasteiger partial charge < -0.3 is 10.6 Å². The number of benzene rings is 1. The molecular formula is C15H21N3O. The van der Waals surface area contributed by atoms with E-state index in [1.165, 1.54) is 0 Å². The predicted molar refractivity (Wildman–Crippen MR) is 76.5 cm³/mol. The molecule has 1 unspecified atom stereocenters. The van der Waals surface area contributed by atoms with Crippen molar-refractivity contribution in [2.45, 2.75) is 32.7 Å². The summed E-state index contributed by atoms with van der Waals surface area (Å²) in [6.07, 6.45) is 0.621. The molecule has 2 N–H and O–H groups in total. The van der Waals surface area contributed by atoms with Crippen molar-refractivity contribution in [3.8, 4) is 6.07 Å². The minimum absolute atomic E-state index is 0.0253. The first-order chi connectivity index (χ1) is 9.06. The van der Waals surface area contributed by atoms with Crippen LogP contribution in [-0.2, 0) is 4.79 Å². The van der Waals surface area contributed by atoms with Crippen LogP contribution in [0.5, 0.6) is 0 Å². The lowest BCUT2D eigenvalue weighted by atomic mass is 10.0. The van der Waals surface area contributed by atoms with E-state index in [4.69, 9.17) is 11.0 Å². The van der Waals surface area contributed by atoms with Crippen LogP contribution >= 0.6 is 0 Å². The van der Waals surface area contributed by atoms with Crippen LogP contribution in [0.3, 0.4) is 0 Å². The zero-order chi connectivity index (χ0) is 14.3. The van der Waals surface area contributed by atoms with Crippen molar-refractivity contribution >= 4 is 11.6 Å². The van der Waals surface area contributed by atoms with Gasteiger partial charge in [-0.2, -0.15) is 5.26 Å². The van der Waals surface area contributed by atoms with Crippen LogP contribution in [0.25, 0.3) is 0 Å². The van der Waals surface area contributed by atoms with E-state index in [1.54, 1.807) is 4.90 Å². The fourth-order valence-corrected chi connectivity index (χ4v) is 1.72. The van der Waals surface area contributed by atoms with Crippen molar-refractivity contribution in [2.24, 2.45) is 11.7 Å². The standard InChI is InChI=1S/C15H21N3O/c1-12(2)14(17)11-15(19)18(10-6-9-16)13-7-4-3-5-8-13/h3-5,7-8,12,14H,6,10-11,17H2,1-2H3. The van der Waals surface area contributed by atoms with Crippen LogP contribution in [-0.4, -0.2) is 18.5 Å². The highest BCUT2D eigenvalue weighted by Crippen LogP contribution is 2.16. The van der Waals surface area contributed by atoms with Gasteiger partial charge in [-0.05, 0) is 18.1 Å². The summed E-state index contributed by atoms with van der Waals surface area (Å²) in [5.41, 5.74) is 6.77. The Bertz CT molecular complexity index is 436. The quantitative estimate of drug-likeness (QED) is 0.852. The minimum atomic E-state index is -0.152. The van der Waals surface area contributed by atoms with E-state index in [2.05, 4.69) is 6.07 Å². The lowest BCUT2D eigenvalue weighted by Crippen LogP contribution is -2.38. The molecule has 1 rings (SSSR count). The second-order valence-corrected chi connectivity index (χ2v) is 4.90. The first-order valence-corrected chi connectivity index (χ1v) is 6.54. The van der Waals surface area contributed by atoms with Gasteiger partial charge in [0.25, 0.3) is 0 Å². The van der Waals surface area contributed by atoms with Gasteiger partial charge >= 0.3 is 0 Å². The van der Waals surface area contributed by atoms with Gasteiger partial charge in [0.15, 0.2) is 0 Å². The maximum Gasteiger partial charge on any atom is 0.228 e. The molecule has 1 amide bonds. The molecule has 0 aromatic heterocycles. The summed E-state index contributed by atoms with van der Waals surface area (Å²) in [4.78, 5) is 13.9. The van der Waals surface area contributed by atoms with Gasteiger partial charge in [0, 0.05) is 24.7 Å². The fraction of sp³-hybridized carbons (Fsp3) is 0.467. The summed E-state index contributed by atoms with van der Waals surface area (Å²) in [6.45, 7) is 4.41. The molecule has 4 heteroatoms. The van der Waals surface area contributed by atoms with Crippen LogP contribution in [0.1, 0.15) is 26.7 Å². The Kier molecular flexibility index (Phi) is 6.04.